The molecular formula is C18H17NO7S2. The van der Waals surface area contributed by atoms with Crippen LogP contribution < -0.4 is 10.5 Å². The van der Waals surface area contributed by atoms with E-state index in [1.807, 2.05) is 31.2 Å². The van der Waals surface area contributed by atoms with E-state index in [-0.39, 0.29) is 28.8 Å². The van der Waals surface area contributed by atoms with E-state index in [1.54, 1.807) is 0 Å². The SMILES string of the molecule is Cc1ccc(COc2cc(S(=O)(=O)O)cc3c(S(=O)(=O)O)c(N)ccc23)cc1. The molecule has 0 saturated heterocycles. The Bertz CT molecular complexity index is 1270. The average molecular weight is 423 g/mol. The van der Waals surface area contributed by atoms with Crippen molar-refractivity contribution in [3.05, 3.63) is 59.7 Å². The number of hydrogen-bond donors (Lipinski definition) is 3. The molecular weight excluding hydrogens is 406 g/mol. The highest BCUT2D eigenvalue weighted by atomic mass is 32.2. The van der Waals surface area contributed by atoms with E-state index in [4.69, 9.17) is 10.5 Å². The van der Waals surface area contributed by atoms with E-state index in [0.717, 1.165) is 23.3 Å². The minimum atomic E-state index is -4.77. The van der Waals surface area contributed by atoms with Crippen LogP contribution in [0, 0.1) is 6.92 Å². The lowest BCUT2D eigenvalue weighted by Gasteiger charge is -2.14. The number of nitrogens with two attached hydrogens (primary N) is 1. The van der Waals surface area contributed by atoms with Gasteiger partial charge in [-0.15, -0.1) is 0 Å². The molecule has 0 aliphatic carbocycles. The van der Waals surface area contributed by atoms with Gasteiger partial charge >= 0.3 is 0 Å². The zero-order valence-electron chi connectivity index (χ0n) is 14.7. The standard InChI is InChI=1S/C18H17NO7S2/c1-11-2-4-12(5-3-11)10-26-17-9-13(27(20,21)22)8-15-14(17)6-7-16(19)18(15)28(23,24)25/h2-9H,10,19H2,1H3,(H,20,21,22)(H,23,24,25). The molecule has 0 aliphatic rings. The van der Waals surface area contributed by atoms with Crippen molar-refractivity contribution in [2.24, 2.45) is 0 Å². The van der Waals surface area contributed by atoms with Crippen molar-refractivity contribution >= 4 is 36.7 Å². The zero-order chi connectivity index (χ0) is 20.7. The molecule has 10 heteroatoms. The van der Waals surface area contributed by atoms with Gasteiger partial charge in [-0.2, -0.15) is 16.8 Å². The van der Waals surface area contributed by atoms with Crippen LogP contribution >= 0.6 is 0 Å². The summed E-state index contributed by atoms with van der Waals surface area (Å²) in [4.78, 5) is -1.25. The van der Waals surface area contributed by atoms with Gasteiger partial charge < -0.3 is 10.5 Å². The molecule has 0 radical (unpaired) electrons. The first-order valence-electron chi connectivity index (χ1n) is 7.96. The van der Waals surface area contributed by atoms with E-state index >= 15 is 0 Å². The van der Waals surface area contributed by atoms with Crippen molar-refractivity contribution in [3.8, 4) is 5.75 Å². The third-order valence-electron chi connectivity index (χ3n) is 4.12. The van der Waals surface area contributed by atoms with Crippen molar-refractivity contribution in [1.82, 2.24) is 0 Å². The van der Waals surface area contributed by atoms with Gasteiger partial charge in [-0.05, 0) is 30.7 Å². The van der Waals surface area contributed by atoms with Gasteiger partial charge in [0, 0.05) is 16.8 Å². The number of benzene rings is 3. The highest BCUT2D eigenvalue weighted by molar-refractivity contribution is 7.86. The summed E-state index contributed by atoms with van der Waals surface area (Å²) in [6.07, 6.45) is 0. The molecule has 8 nitrogen and oxygen atoms in total. The predicted molar refractivity (Wildman–Crippen MR) is 104 cm³/mol. The van der Waals surface area contributed by atoms with Crippen LogP contribution in [0.2, 0.25) is 0 Å². The summed E-state index contributed by atoms with van der Waals surface area (Å²) in [5.74, 6) is 0.00981. The van der Waals surface area contributed by atoms with E-state index in [2.05, 4.69) is 0 Å². The van der Waals surface area contributed by atoms with Gasteiger partial charge in [0.25, 0.3) is 20.2 Å². The van der Waals surface area contributed by atoms with Crippen LogP contribution in [-0.4, -0.2) is 25.9 Å². The lowest BCUT2D eigenvalue weighted by Crippen LogP contribution is -2.07. The first kappa shape index (κ1) is 20.1. The van der Waals surface area contributed by atoms with Crippen molar-refractivity contribution in [3.63, 3.8) is 0 Å². The summed E-state index contributed by atoms with van der Waals surface area (Å²) in [5, 5.41) is 0.0258. The lowest BCUT2D eigenvalue weighted by molar-refractivity contribution is 0.309. The first-order valence-corrected chi connectivity index (χ1v) is 10.8. The molecule has 0 aliphatic heterocycles. The molecule has 148 valence electrons. The highest BCUT2D eigenvalue weighted by Crippen LogP contribution is 2.36. The van der Waals surface area contributed by atoms with Crippen LogP contribution in [0.1, 0.15) is 11.1 Å². The molecule has 0 aromatic heterocycles. The van der Waals surface area contributed by atoms with Crippen LogP contribution in [0.15, 0.2) is 58.3 Å². The van der Waals surface area contributed by atoms with Gasteiger partial charge in [-0.1, -0.05) is 29.8 Å². The van der Waals surface area contributed by atoms with Crippen LogP contribution in [0.5, 0.6) is 5.75 Å². The molecule has 3 aromatic carbocycles. The number of fused-ring (bicyclic) bond motifs is 1. The summed E-state index contributed by atoms with van der Waals surface area (Å²) in [6.45, 7) is 1.99. The van der Waals surface area contributed by atoms with Gasteiger partial charge in [0.2, 0.25) is 0 Å². The Morgan fingerprint density at radius 1 is 0.893 bits per heavy atom. The van der Waals surface area contributed by atoms with Crippen molar-refractivity contribution in [1.29, 1.82) is 0 Å². The second-order valence-electron chi connectivity index (χ2n) is 6.22. The number of rotatable bonds is 5. The number of ether oxygens (including phenoxy) is 1. The van der Waals surface area contributed by atoms with E-state index < -0.39 is 30.0 Å². The van der Waals surface area contributed by atoms with Gasteiger partial charge in [0.1, 0.15) is 17.3 Å². The Balaban J connectivity index is 2.22. The predicted octanol–water partition coefficient (Wildman–Crippen LogP) is 2.80. The molecule has 0 bridgehead atoms. The highest BCUT2D eigenvalue weighted by Gasteiger charge is 2.23. The molecule has 0 fully saturated rings. The normalized spacial score (nSPS) is 12.2. The monoisotopic (exact) mass is 423 g/mol. The fourth-order valence-corrected chi connectivity index (χ4v) is 4.10. The smallest absolute Gasteiger partial charge is 0.297 e. The Labute approximate surface area is 162 Å². The minimum absolute atomic E-state index is 0.00981. The van der Waals surface area contributed by atoms with Crippen LogP contribution in [0.25, 0.3) is 10.8 Å². The van der Waals surface area contributed by atoms with Crippen LogP contribution in [0.3, 0.4) is 0 Å². The van der Waals surface area contributed by atoms with E-state index in [9.17, 15) is 25.9 Å². The Morgan fingerprint density at radius 3 is 2.11 bits per heavy atom. The summed E-state index contributed by atoms with van der Waals surface area (Å²) < 4.78 is 71.5. The molecule has 3 rings (SSSR count). The van der Waals surface area contributed by atoms with E-state index in [1.165, 1.54) is 12.1 Å². The largest absolute Gasteiger partial charge is 0.488 e. The second kappa shape index (κ2) is 7.06. The number of anilines is 1. The molecule has 0 amide bonds. The summed E-state index contributed by atoms with van der Waals surface area (Å²) in [7, 11) is -9.45. The maximum atomic E-state index is 11.8. The minimum Gasteiger partial charge on any atom is -0.488 e. The third-order valence-corrected chi connectivity index (χ3v) is 5.93. The van der Waals surface area contributed by atoms with Crippen LogP contribution in [0.4, 0.5) is 5.69 Å². The molecule has 0 saturated carbocycles. The fraction of sp³-hybridized carbons (Fsp3) is 0.111. The molecule has 0 heterocycles. The van der Waals surface area contributed by atoms with Gasteiger partial charge in [0.05, 0.1) is 10.6 Å². The van der Waals surface area contributed by atoms with Gasteiger partial charge in [0.15, 0.2) is 0 Å². The molecule has 0 unspecified atom stereocenters. The summed E-state index contributed by atoms with van der Waals surface area (Å²) >= 11 is 0. The number of hydrogen-bond acceptors (Lipinski definition) is 6. The number of nitrogen functional groups attached to an aromatic ring is 1. The summed E-state index contributed by atoms with van der Waals surface area (Å²) in [6, 6.07) is 12.1. The molecule has 0 atom stereocenters. The van der Waals surface area contributed by atoms with Gasteiger partial charge in [-0.3, -0.25) is 9.11 Å². The molecule has 3 aromatic rings. The quantitative estimate of drug-likeness (QED) is 0.420. The summed E-state index contributed by atoms with van der Waals surface area (Å²) in [5.41, 5.74) is 7.24. The van der Waals surface area contributed by atoms with E-state index in [0.29, 0.717) is 0 Å². The zero-order valence-corrected chi connectivity index (χ0v) is 16.3. The van der Waals surface area contributed by atoms with Crippen LogP contribution in [-0.2, 0) is 26.8 Å². The van der Waals surface area contributed by atoms with Crippen molar-refractivity contribution < 1.29 is 30.7 Å². The Kier molecular flexibility index (Phi) is 5.06. The molecule has 4 N–H and O–H groups in total. The maximum Gasteiger partial charge on any atom is 0.297 e. The average Bonchev–Trinajstić information content (AvgIpc) is 2.58. The first-order chi connectivity index (χ1) is 13.0. The molecule has 0 spiro atoms. The fourth-order valence-electron chi connectivity index (χ4n) is 2.77. The Hall–Kier alpha value is -2.66. The van der Waals surface area contributed by atoms with Gasteiger partial charge in [-0.25, -0.2) is 0 Å². The third kappa shape index (κ3) is 4.09. The number of aryl methyl sites for hydroxylation is 1. The molecule has 28 heavy (non-hydrogen) atoms. The van der Waals surface area contributed by atoms with Crippen molar-refractivity contribution in [2.75, 3.05) is 5.73 Å². The van der Waals surface area contributed by atoms with Crippen molar-refractivity contribution in [2.45, 2.75) is 23.3 Å². The maximum absolute atomic E-state index is 11.8. The second-order valence-corrected chi connectivity index (χ2v) is 9.00. The Morgan fingerprint density at radius 2 is 1.54 bits per heavy atom. The lowest BCUT2D eigenvalue weighted by atomic mass is 10.1. The topological polar surface area (TPSA) is 144 Å².